The van der Waals surface area contributed by atoms with Gasteiger partial charge in [-0.15, -0.1) is 0 Å². The molecular formula is C31H55NO8. The van der Waals surface area contributed by atoms with Crippen LogP contribution in [0, 0.1) is 46.3 Å². The number of fused-ring (bicyclic) bond motifs is 5. The van der Waals surface area contributed by atoms with E-state index in [2.05, 4.69) is 20.8 Å². The molecule has 232 valence electrons. The predicted molar refractivity (Wildman–Crippen MR) is 150 cm³/mol. The van der Waals surface area contributed by atoms with Crippen LogP contribution in [0.5, 0.6) is 0 Å². The molecule has 4 rings (SSSR count). The summed E-state index contributed by atoms with van der Waals surface area (Å²) in [5, 5.41) is 70.4. The molecule has 1 amide bonds. The van der Waals surface area contributed by atoms with E-state index in [4.69, 9.17) is 5.11 Å². The molecular weight excluding hydrogens is 514 g/mol. The third kappa shape index (κ3) is 5.86. The van der Waals surface area contributed by atoms with Crippen molar-refractivity contribution in [3.63, 3.8) is 0 Å². The molecule has 0 unspecified atom stereocenters. The summed E-state index contributed by atoms with van der Waals surface area (Å²) in [5.41, 5.74) is 0.341. The first-order valence-corrected chi connectivity index (χ1v) is 15.7. The molecule has 4 saturated carbocycles. The lowest BCUT2D eigenvalue weighted by Crippen LogP contribution is -2.58. The summed E-state index contributed by atoms with van der Waals surface area (Å²) in [6.07, 6.45) is 2.12. The van der Waals surface area contributed by atoms with Crippen LogP contribution in [-0.2, 0) is 4.79 Å². The quantitative estimate of drug-likeness (QED) is 0.207. The van der Waals surface area contributed by atoms with Crippen LogP contribution >= 0.6 is 0 Å². The molecule has 0 aromatic carbocycles. The van der Waals surface area contributed by atoms with E-state index in [1.807, 2.05) is 0 Å². The van der Waals surface area contributed by atoms with Crippen molar-refractivity contribution < 1.29 is 40.5 Å². The molecule has 0 saturated heterocycles. The second-order valence-corrected chi connectivity index (χ2v) is 14.5. The first-order chi connectivity index (χ1) is 18.7. The summed E-state index contributed by atoms with van der Waals surface area (Å²) in [6.45, 7) is 6.15. The third-order valence-electron chi connectivity index (χ3n) is 12.4. The Kier molecular flexibility index (Phi) is 9.98. The number of aliphatic hydroxyl groups excluding tert-OH is 7. The number of hydrogen-bond donors (Lipinski definition) is 7. The molecule has 9 nitrogen and oxygen atoms in total. The summed E-state index contributed by atoms with van der Waals surface area (Å²) >= 11 is 0. The Bertz CT molecular complexity index is 874. The van der Waals surface area contributed by atoms with Crippen molar-refractivity contribution in [2.24, 2.45) is 46.3 Å². The topological polar surface area (TPSA) is 162 Å². The summed E-state index contributed by atoms with van der Waals surface area (Å²) in [6, 6.07) is 0. The van der Waals surface area contributed by atoms with Crippen molar-refractivity contribution in [2.45, 2.75) is 122 Å². The largest absolute Gasteiger partial charge is 0.394 e. The number of amides is 1. The highest BCUT2D eigenvalue weighted by Gasteiger charge is 2.62. The molecule has 0 heterocycles. The van der Waals surface area contributed by atoms with Crippen molar-refractivity contribution >= 4 is 5.91 Å². The predicted octanol–water partition coefficient (Wildman–Crippen LogP) is 1.29. The van der Waals surface area contributed by atoms with Crippen molar-refractivity contribution in [3.8, 4) is 0 Å². The van der Waals surface area contributed by atoms with Gasteiger partial charge in [0.2, 0.25) is 5.91 Å². The zero-order valence-corrected chi connectivity index (χ0v) is 24.9. The van der Waals surface area contributed by atoms with Crippen LogP contribution in [0.2, 0.25) is 0 Å². The van der Waals surface area contributed by atoms with Gasteiger partial charge in [-0.3, -0.25) is 4.79 Å². The summed E-state index contributed by atoms with van der Waals surface area (Å²) in [7, 11) is 1.55. The molecule has 0 radical (unpaired) electrons. The van der Waals surface area contributed by atoms with E-state index < -0.39 is 31.0 Å². The minimum Gasteiger partial charge on any atom is -0.394 e. The van der Waals surface area contributed by atoms with Crippen LogP contribution in [0.3, 0.4) is 0 Å². The van der Waals surface area contributed by atoms with Gasteiger partial charge in [0, 0.05) is 20.0 Å². The van der Waals surface area contributed by atoms with E-state index in [1.54, 1.807) is 7.05 Å². The average Bonchev–Trinajstić information content (AvgIpc) is 3.28. The Morgan fingerprint density at radius 3 is 2.20 bits per heavy atom. The maximum Gasteiger partial charge on any atom is 0.222 e. The number of aliphatic hydroxyl groups is 7. The number of nitrogens with zero attached hydrogens (tertiary/aromatic N) is 1. The lowest BCUT2D eigenvalue weighted by Gasteiger charge is -2.62. The molecule has 4 aliphatic carbocycles. The van der Waals surface area contributed by atoms with Gasteiger partial charge in [-0.2, -0.15) is 0 Å². The van der Waals surface area contributed by atoms with Crippen molar-refractivity contribution in [3.05, 3.63) is 0 Å². The van der Waals surface area contributed by atoms with E-state index in [0.717, 1.165) is 57.8 Å². The minimum absolute atomic E-state index is 0.137. The highest BCUT2D eigenvalue weighted by molar-refractivity contribution is 5.75. The standard InChI is InChI=1S/C31H55NO8/c1-17(5-8-26(38)32(4)15-24(36)28(39)29(40)25(37)16-33)20-6-7-21-27-22(10-12-31(20,21)3)30(2)11-9-19(34)13-18(30)14-23(27)35/h17-25,27-29,33-37,39-40H,5-16H2,1-4H3/t17-,18+,19-,20-,21+,22+,23-,24+,25-,27+,28-,29-,30+,31-/m1/s1. The van der Waals surface area contributed by atoms with E-state index in [9.17, 15) is 35.4 Å². The van der Waals surface area contributed by atoms with Crippen LogP contribution in [0.15, 0.2) is 0 Å². The fraction of sp³-hybridized carbons (Fsp3) is 0.968. The summed E-state index contributed by atoms with van der Waals surface area (Å²) in [5.74, 6) is 2.36. The Morgan fingerprint density at radius 2 is 1.52 bits per heavy atom. The number of hydrogen-bond acceptors (Lipinski definition) is 8. The Hall–Kier alpha value is -0.810. The molecule has 14 atom stereocenters. The van der Waals surface area contributed by atoms with Crippen LogP contribution in [0.1, 0.15) is 85.0 Å². The van der Waals surface area contributed by atoms with Crippen LogP contribution < -0.4 is 0 Å². The average molecular weight is 570 g/mol. The number of carbonyl (C=O) groups is 1. The fourth-order valence-electron chi connectivity index (χ4n) is 9.97. The Balaban J connectivity index is 1.34. The zero-order valence-electron chi connectivity index (χ0n) is 24.9. The first kappa shape index (κ1) is 32.1. The van der Waals surface area contributed by atoms with Gasteiger partial charge in [0.25, 0.3) is 0 Å². The highest BCUT2D eigenvalue weighted by atomic mass is 16.4. The molecule has 4 fully saturated rings. The molecule has 4 aliphatic rings. The van der Waals surface area contributed by atoms with Crippen molar-refractivity contribution in [1.82, 2.24) is 4.90 Å². The van der Waals surface area contributed by atoms with Gasteiger partial charge in [0.05, 0.1) is 18.8 Å². The van der Waals surface area contributed by atoms with Gasteiger partial charge >= 0.3 is 0 Å². The second-order valence-electron chi connectivity index (χ2n) is 14.5. The highest BCUT2D eigenvalue weighted by Crippen LogP contribution is 2.68. The van der Waals surface area contributed by atoms with Gasteiger partial charge in [-0.1, -0.05) is 20.8 Å². The number of carbonyl (C=O) groups excluding carboxylic acids is 1. The smallest absolute Gasteiger partial charge is 0.222 e. The van der Waals surface area contributed by atoms with Crippen LogP contribution in [0.4, 0.5) is 0 Å². The molecule has 0 bridgehead atoms. The van der Waals surface area contributed by atoms with E-state index in [-0.39, 0.29) is 35.5 Å². The minimum atomic E-state index is -1.71. The Labute approximate surface area is 239 Å². The molecule has 0 spiro atoms. The van der Waals surface area contributed by atoms with E-state index in [0.29, 0.717) is 41.9 Å². The van der Waals surface area contributed by atoms with Gasteiger partial charge in [0.15, 0.2) is 0 Å². The SMILES string of the molecule is C[C@H](CCC(=O)N(C)C[C@H](O)[C@@H](O)[C@H](O)[C@H](O)CO)[C@H]1CC[C@H]2[C@@H]3[C@H](O)C[C@@H]4C[C@H](O)CC[C@]4(C)[C@H]3CC[C@]12C. The normalized spacial score (nSPS) is 43.0. The molecule has 0 aromatic heterocycles. The fourth-order valence-corrected chi connectivity index (χ4v) is 9.97. The van der Waals surface area contributed by atoms with Gasteiger partial charge < -0.3 is 40.6 Å². The zero-order chi connectivity index (χ0) is 29.6. The van der Waals surface area contributed by atoms with Crippen molar-refractivity contribution in [2.75, 3.05) is 20.2 Å². The number of rotatable bonds is 10. The number of likely N-dealkylation sites (N-methyl/N-ethyl adjacent to an activating group) is 1. The van der Waals surface area contributed by atoms with E-state index in [1.165, 1.54) is 4.90 Å². The molecule has 0 aliphatic heterocycles. The van der Waals surface area contributed by atoms with Gasteiger partial charge in [-0.25, -0.2) is 0 Å². The monoisotopic (exact) mass is 569 g/mol. The first-order valence-electron chi connectivity index (χ1n) is 15.7. The summed E-state index contributed by atoms with van der Waals surface area (Å²) in [4.78, 5) is 14.2. The Morgan fingerprint density at radius 1 is 0.900 bits per heavy atom. The molecule has 0 aromatic rings. The van der Waals surface area contributed by atoms with Gasteiger partial charge in [0.1, 0.15) is 24.4 Å². The molecule has 9 heteroatoms. The van der Waals surface area contributed by atoms with E-state index >= 15 is 0 Å². The summed E-state index contributed by atoms with van der Waals surface area (Å²) < 4.78 is 0. The maximum absolute atomic E-state index is 12.9. The lowest BCUT2D eigenvalue weighted by atomic mass is 9.43. The second kappa shape index (κ2) is 12.4. The maximum atomic E-state index is 12.9. The molecule has 40 heavy (non-hydrogen) atoms. The molecule has 7 N–H and O–H groups in total. The van der Waals surface area contributed by atoms with Crippen LogP contribution in [0.25, 0.3) is 0 Å². The van der Waals surface area contributed by atoms with Crippen molar-refractivity contribution in [1.29, 1.82) is 0 Å². The lowest BCUT2D eigenvalue weighted by molar-refractivity contribution is -0.174. The van der Waals surface area contributed by atoms with Crippen LogP contribution in [-0.4, -0.2) is 103 Å². The van der Waals surface area contributed by atoms with Gasteiger partial charge in [-0.05, 0) is 104 Å². The third-order valence-corrected chi connectivity index (χ3v) is 12.4.